The third-order valence-corrected chi connectivity index (χ3v) is 6.48. The summed E-state index contributed by atoms with van der Waals surface area (Å²) in [5, 5.41) is 41.6. The number of aliphatic hydroxyl groups is 1. The lowest BCUT2D eigenvalue weighted by atomic mass is 9.86. The summed E-state index contributed by atoms with van der Waals surface area (Å²) < 4.78 is 0. The van der Waals surface area contributed by atoms with Crippen molar-refractivity contribution in [3.05, 3.63) is 101 Å². The Morgan fingerprint density at radius 2 is 1.50 bits per heavy atom. The van der Waals surface area contributed by atoms with Gasteiger partial charge >= 0.3 is 5.97 Å². The van der Waals surface area contributed by atoms with Crippen LogP contribution in [-0.4, -0.2) is 52.2 Å². The first-order valence-electron chi connectivity index (χ1n) is 12.5. The van der Waals surface area contributed by atoms with Crippen molar-refractivity contribution in [1.29, 1.82) is 10.8 Å². The van der Waals surface area contributed by atoms with Crippen molar-refractivity contribution in [2.24, 2.45) is 11.1 Å². The molecule has 0 saturated heterocycles. The molecule has 8 N–H and O–H groups in total. The molecule has 0 spiro atoms. The third-order valence-electron chi connectivity index (χ3n) is 6.48. The van der Waals surface area contributed by atoms with Gasteiger partial charge in [0, 0.05) is 22.4 Å². The number of nitrogen functional groups attached to an aromatic ring is 1. The number of hydrogen-bond donors (Lipinski definition) is 7. The Morgan fingerprint density at radius 3 is 2.02 bits per heavy atom. The fraction of sp³-hybridized carbons (Fsp3) is 0.233. The van der Waals surface area contributed by atoms with E-state index in [1.54, 1.807) is 54.6 Å². The summed E-state index contributed by atoms with van der Waals surface area (Å²) in [5.74, 6) is -3.80. The van der Waals surface area contributed by atoms with Crippen LogP contribution < -0.4 is 16.4 Å². The van der Waals surface area contributed by atoms with Crippen molar-refractivity contribution < 1.29 is 24.6 Å². The van der Waals surface area contributed by atoms with Crippen molar-refractivity contribution in [3.63, 3.8) is 0 Å². The number of hydrogen-bond acceptors (Lipinski definition) is 6. The summed E-state index contributed by atoms with van der Waals surface area (Å²) >= 11 is 0. The molecule has 2 amide bonds. The molecule has 0 aromatic heterocycles. The Balaban J connectivity index is 1.98. The number of anilines is 1. The van der Waals surface area contributed by atoms with Crippen molar-refractivity contribution in [3.8, 4) is 0 Å². The highest BCUT2D eigenvalue weighted by atomic mass is 16.4. The number of carboxylic acid groups (broad SMARTS) is 1. The molecule has 10 nitrogen and oxygen atoms in total. The SMILES string of the molecule is CC(C)(C)[C@@H](CO)NC(=O)c1ccc(C(=N)[C@H](C(=O)Nc2ccc(C(=N)N)cc2)c2ccccc2)c(C(=O)O)c1. The zero-order chi connectivity index (χ0) is 29.6. The molecule has 3 aromatic carbocycles. The van der Waals surface area contributed by atoms with Crippen molar-refractivity contribution in [2.75, 3.05) is 11.9 Å². The van der Waals surface area contributed by atoms with E-state index in [4.69, 9.17) is 16.6 Å². The van der Waals surface area contributed by atoms with E-state index in [9.17, 15) is 24.6 Å². The highest BCUT2D eigenvalue weighted by Gasteiger charge is 2.30. The maximum Gasteiger partial charge on any atom is 0.336 e. The first kappa shape index (κ1) is 29.7. The number of aromatic carboxylic acids is 1. The van der Waals surface area contributed by atoms with Crippen LogP contribution in [0, 0.1) is 16.2 Å². The van der Waals surface area contributed by atoms with E-state index in [0.717, 1.165) is 0 Å². The molecule has 0 radical (unpaired) electrons. The number of nitrogens with one attached hydrogen (secondary N) is 4. The van der Waals surface area contributed by atoms with Crippen LogP contribution in [0.2, 0.25) is 0 Å². The lowest BCUT2D eigenvalue weighted by Gasteiger charge is -2.29. The van der Waals surface area contributed by atoms with Gasteiger partial charge in [-0.1, -0.05) is 57.2 Å². The number of amidine groups is 1. The average Bonchev–Trinajstić information content (AvgIpc) is 2.91. The minimum Gasteiger partial charge on any atom is -0.478 e. The molecule has 0 aliphatic heterocycles. The number of rotatable bonds is 10. The van der Waals surface area contributed by atoms with E-state index in [2.05, 4.69) is 10.6 Å². The van der Waals surface area contributed by atoms with Crippen LogP contribution >= 0.6 is 0 Å². The second-order valence-electron chi connectivity index (χ2n) is 10.4. The Bertz CT molecular complexity index is 1430. The number of amides is 2. The highest BCUT2D eigenvalue weighted by Crippen LogP contribution is 2.26. The van der Waals surface area contributed by atoms with E-state index in [-0.39, 0.29) is 34.8 Å². The first-order chi connectivity index (χ1) is 18.8. The van der Waals surface area contributed by atoms with Crippen LogP contribution in [-0.2, 0) is 4.79 Å². The zero-order valence-corrected chi connectivity index (χ0v) is 22.5. The Hall–Kier alpha value is -4.83. The molecule has 3 aromatic rings. The molecule has 0 saturated carbocycles. The number of nitrogens with two attached hydrogens (primary N) is 1. The molecular weight excluding hydrogens is 510 g/mol. The zero-order valence-electron chi connectivity index (χ0n) is 22.5. The van der Waals surface area contributed by atoms with E-state index in [1.807, 2.05) is 20.8 Å². The van der Waals surface area contributed by atoms with Gasteiger partial charge in [0.1, 0.15) is 11.8 Å². The van der Waals surface area contributed by atoms with Crippen LogP contribution in [0.1, 0.15) is 64.1 Å². The molecule has 2 atom stereocenters. The topological polar surface area (TPSA) is 189 Å². The molecule has 208 valence electrons. The Labute approximate surface area is 232 Å². The number of carbonyl (C=O) groups is 3. The number of benzene rings is 3. The summed E-state index contributed by atoms with van der Waals surface area (Å²) in [6.45, 7) is 5.27. The summed E-state index contributed by atoms with van der Waals surface area (Å²) in [6, 6.07) is 18.2. The first-order valence-corrected chi connectivity index (χ1v) is 12.5. The van der Waals surface area contributed by atoms with Gasteiger partial charge in [-0.05, 0) is 47.4 Å². The highest BCUT2D eigenvalue weighted by molar-refractivity contribution is 6.21. The molecule has 0 bridgehead atoms. The average molecular weight is 544 g/mol. The van der Waals surface area contributed by atoms with Crippen LogP contribution in [0.15, 0.2) is 72.8 Å². The standard InChI is InChI=1S/C30H33N5O5/c1-30(2,3)23(16-36)35-27(37)19-11-14-21(22(15-19)29(39)40)25(31)24(17-7-5-4-6-8-17)28(38)34-20-12-9-18(10-13-20)26(32)33/h4-15,23-24,31,36H,16H2,1-3H3,(H3,32,33)(H,34,38)(H,35,37)(H,39,40)/t23-,24-/m1/s1. The maximum atomic E-state index is 13.5. The van der Waals surface area contributed by atoms with Crippen LogP contribution in [0.25, 0.3) is 0 Å². The predicted molar refractivity (Wildman–Crippen MR) is 153 cm³/mol. The molecule has 10 heteroatoms. The summed E-state index contributed by atoms with van der Waals surface area (Å²) in [6.07, 6.45) is 0. The molecule has 0 aliphatic carbocycles. The second-order valence-corrected chi connectivity index (χ2v) is 10.4. The smallest absolute Gasteiger partial charge is 0.336 e. The number of aliphatic hydroxyl groups excluding tert-OH is 1. The quantitative estimate of drug-likeness (QED) is 0.151. The summed E-state index contributed by atoms with van der Waals surface area (Å²) in [5.41, 5.74) is 5.86. The molecule has 0 unspecified atom stereocenters. The van der Waals surface area contributed by atoms with Crippen LogP contribution in [0.5, 0.6) is 0 Å². The van der Waals surface area contributed by atoms with Gasteiger partial charge in [0.25, 0.3) is 5.91 Å². The Morgan fingerprint density at radius 1 is 0.900 bits per heavy atom. The molecule has 0 aliphatic rings. The molecule has 0 fully saturated rings. The summed E-state index contributed by atoms with van der Waals surface area (Å²) in [7, 11) is 0. The number of carbonyl (C=O) groups excluding carboxylic acids is 2. The summed E-state index contributed by atoms with van der Waals surface area (Å²) in [4.78, 5) is 38.6. The minimum absolute atomic E-state index is 0.0190. The van der Waals surface area contributed by atoms with Gasteiger partial charge in [0.2, 0.25) is 5.91 Å². The van der Waals surface area contributed by atoms with E-state index >= 15 is 0 Å². The fourth-order valence-corrected chi connectivity index (χ4v) is 4.07. The number of carboxylic acids is 1. The normalized spacial score (nSPS) is 12.6. The van der Waals surface area contributed by atoms with E-state index < -0.39 is 35.2 Å². The van der Waals surface area contributed by atoms with E-state index in [1.165, 1.54) is 18.2 Å². The van der Waals surface area contributed by atoms with Crippen molar-refractivity contribution >= 4 is 35.0 Å². The second kappa shape index (κ2) is 12.4. The molecular formula is C30H33N5O5. The van der Waals surface area contributed by atoms with Gasteiger partial charge in [-0.25, -0.2) is 4.79 Å². The van der Waals surface area contributed by atoms with Crippen molar-refractivity contribution in [1.82, 2.24) is 5.32 Å². The maximum absolute atomic E-state index is 13.5. The Kier molecular flexibility index (Phi) is 9.18. The van der Waals surface area contributed by atoms with Gasteiger partial charge in [0.15, 0.2) is 0 Å². The molecule has 0 heterocycles. The third kappa shape index (κ3) is 6.97. The van der Waals surface area contributed by atoms with Gasteiger partial charge in [-0.3, -0.25) is 15.0 Å². The largest absolute Gasteiger partial charge is 0.478 e. The van der Waals surface area contributed by atoms with Crippen LogP contribution in [0.3, 0.4) is 0 Å². The van der Waals surface area contributed by atoms with Crippen LogP contribution in [0.4, 0.5) is 5.69 Å². The van der Waals surface area contributed by atoms with Crippen molar-refractivity contribution in [2.45, 2.75) is 32.7 Å². The van der Waals surface area contributed by atoms with Gasteiger partial charge < -0.3 is 32.0 Å². The predicted octanol–water partition coefficient (Wildman–Crippen LogP) is 3.60. The fourth-order valence-electron chi connectivity index (χ4n) is 4.07. The molecule has 40 heavy (non-hydrogen) atoms. The minimum atomic E-state index is -1.36. The van der Waals surface area contributed by atoms with Gasteiger partial charge in [-0.2, -0.15) is 0 Å². The van der Waals surface area contributed by atoms with E-state index in [0.29, 0.717) is 16.8 Å². The molecule has 3 rings (SSSR count). The lowest BCUT2D eigenvalue weighted by Crippen LogP contribution is -2.46. The van der Waals surface area contributed by atoms with Gasteiger partial charge in [-0.15, -0.1) is 0 Å². The monoisotopic (exact) mass is 543 g/mol. The van der Waals surface area contributed by atoms with Gasteiger partial charge in [0.05, 0.1) is 23.9 Å². The lowest BCUT2D eigenvalue weighted by molar-refractivity contribution is -0.116.